The molecule has 0 radical (unpaired) electrons. The van der Waals surface area contributed by atoms with E-state index in [0.29, 0.717) is 6.42 Å². The summed E-state index contributed by atoms with van der Waals surface area (Å²) in [6, 6.07) is 0.204. The van der Waals surface area contributed by atoms with Crippen molar-refractivity contribution in [3.05, 3.63) is 0 Å². The van der Waals surface area contributed by atoms with Gasteiger partial charge >= 0.3 is 0 Å². The molecule has 0 saturated heterocycles. The van der Waals surface area contributed by atoms with Gasteiger partial charge in [-0.1, -0.05) is 27.2 Å². The molecule has 0 heterocycles. The molecule has 0 bridgehead atoms. The lowest BCUT2D eigenvalue weighted by atomic mass is 9.75. The van der Waals surface area contributed by atoms with Gasteiger partial charge in [-0.25, -0.2) is 0 Å². The van der Waals surface area contributed by atoms with Gasteiger partial charge in [0, 0.05) is 6.04 Å². The quantitative estimate of drug-likeness (QED) is 0.749. The van der Waals surface area contributed by atoms with Gasteiger partial charge in [-0.15, -0.1) is 0 Å². The summed E-state index contributed by atoms with van der Waals surface area (Å²) in [6.45, 7) is 6.17. The van der Waals surface area contributed by atoms with E-state index in [1.165, 1.54) is 6.42 Å². The Hall–Kier alpha value is -0.130. The molecule has 2 N–H and O–H groups in total. The van der Waals surface area contributed by atoms with E-state index < -0.39 is 15.5 Å². The third kappa shape index (κ3) is 4.03. The minimum absolute atomic E-state index is 0.204. The second kappa shape index (κ2) is 5.02. The van der Waals surface area contributed by atoms with E-state index in [2.05, 4.69) is 19.2 Å². The Balaban J connectivity index is 2.59. The van der Waals surface area contributed by atoms with Gasteiger partial charge in [0.25, 0.3) is 10.1 Å². The zero-order valence-electron chi connectivity index (χ0n) is 10.4. The summed E-state index contributed by atoms with van der Waals surface area (Å²) in [6.07, 6.45) is 4.67. The molecule has 0 aromatic rings. The van der Waals surface area contributed by atoms with Crippen molar-refractivity contribution in [1.29, 1.82) is 0 Å². The van der Waals surface area contributed by atoms with E-state index in [-0.39, 0.29) is 11.5 Å². The van der Waals surface area contributed by atoms with Crippen molar-refractivity contribution in [2.45, 2.75) is 64.3 Å². The molecule has 0 aromatic heterocycles. The fraction of sp³-hybridized carbons (Fsp3) is 1.00. The van der Waals surface area contributed by atoms with Crippen molar-refractivity contribution in [2.24, 2.45) is 5.41 Å². The van der Waals surface area contributed by atoms with Gasteiger partial charge < -0.3 is 0 Å². The molecular weight excluding hydrogens is 226 g/mol. The maximum Gasteiger partial charge on any atom is 0.281 e. The molecule has 2 atom stereocenters. The second-order valence-corrected chi connectivity index (χ2v) is 7.13. The average Bonchev–Trinajstić information content (AvgIpc) is 2.10. The third-order valence-corrected chi connectivity index (χ3v) is 4.55. The molecular formula is C11H23NO3S. The Bertz CT molecular complexity index is 324. The number of hydrogen-bond donors (Lipinski definition) is 2. The fourth-order valence-corrected chi connectivity index (χ4v) is 3.30. The SMILES string of the molecule is CCC(NC1CCCC(C)(C)C1)S(=O)(=O)O. The van der Waals surface area contributed by atoms with Gasteiger partial charge in [-0.3, -0.25) is 9.87 Å². The number of rotatable bonds is 4. The third-order valence-electron chi connectivity index (χ3n) is 3.36. The van der Waals surface area contributed by atoms with Crippen LogP contribution in [0.1, 0.15) is 52.9 Å². The van der Waals surface area contributed by atoms with E-state index in [4.69, 9.17) is 4.55 Å². The van der Waals surface area contributed by atoms with Crippen LogP contribution in [0.15, 0.2) is 0 Å². The Morgan fingerprint density at radius 1 is 1.50 bits per heavy atom. The minimum atomic E-state index is -3.96. The fourth-order valence-electron chi connectivity index (χ4n) is 2.52. The van der Waals surface area contributed by atoms with Crippen molar-refractivity contribution in [3.8, 4) is 0 Å². The summed E-state index contributed by atoms with van der Waals surface area (Å²) in [5.41, 5.74) is 0.271. The smallest absolute Gasteiger partial charge is 0.281 e. The molecule has 5 heteroatoms. The van der Waals surface area contributed by atoms with Crippen LogP contribution >= 0.6 is 0 Å². The molecule has 1 fully saturated rings. The van der Waals surface area contributed by atoms with Crippen LogP contribution in [0.25, 0.3) is 0 Å². The van der Waals surface area contributed by atoms with Gasteiger partial charge in [0.05, 0.1) is 0 Å². The molecule has 96 valence electrons. The molecule has 4 nitrogen and oxygen atoms in total. The largest absolute Gasteiger partial charge is 0.296 e. The lowest BCUT2D eigenvalue weighted by Crippen LogP contribution is -2.46. The topological polar surface area (TPSA) is 66.4 Å². The first-order chi connectivity index (χ1) is 7.24. The maximum absolute atomic E-state index is 11.1. The molecule has 0 amide bonds. The van der Waals surface area contributed by atoms with Crippen molar-refractivity contribution in [2.75, 3.05) is 0 Å². The Kier molecular flexibility index (Phi) is 4.37. The Morgan fingerprint density at radius 2 is 2.12 bits per heavy atom. The molecule has 0 aromatic carbocycles. The van der Waals surface area contributed by atoms with Crippen LogP contribution in [-0.2, 0) is 10.1 Å². The van der Waals surface area contributed by atoms with Gasteiger partial charge in [-0.05, 0) is 31.1 Å². The maximum atomic E-state index is 11.1. The van der Waals surface area contributed by atoms with Gasteiger partial charge in [0.1, 0.15) is 5.37 Å². The van der Waals surface area contributed by atoms with E-state index >= 15 is 0 Å². The number of nitrogens with one attached hydrogen (secondary N) is 1. The Labute approximate surface area is 98.6 Å². The molecule has 0 aliphatic heterocycles. The summed E-state index contributed by atoms with van der Waals surface area (Å²) < 4.78 is 31.2. The van der Waals surface area contributed by atoms with Crippen LogP contribution in [-0.4, -0.2) is 24.4 Å². The predicted molar refractivity (Wildman–Crippen MR) is 64.8 cm³/mol. The standard InChI is InChI=1S/C11H23NO3S/c1-4-10(16(13,14)15)12-9-6-5-7-11(2,3)8-9/h9-10,12H,4-8H2,1-3H3,(H,13,14,15). The molecule has 0 spiro atoms. The van der Waals surface area contributed by atoms with Crippen LogP contribution in [0, 0.1) is 5.41 Å². The van der Waals surface area contributed by atoms with Crippen molar-refractivity contribution >= 4 is 10.1 Å². The van der Waals surface area contributed by atoms with E-state index in [0.717, 1.165) is 19.3 Å². The lowest BCUT2D eigenvalue weighted by Gasteiger charge is -2.36. The highest BCUT2D eigenvalue weighted by Gasteiger charge is 2.31. The van der Waals surface area contributed by atoms with Crippen LogP contribution < -0.4 is 5.32 Å². The molecule has 1 rings (SSSR count). The zero-order valence-corrected chi connectivity index (χ0v) is 11.2. The molecule has 16 heavy (non-hydrogen) atoms. The van der Waals surface area contributed by atoms with E-state index in [1.807, 2.05) is 0 Å². The van der Waals surface area contributed by atoms with Crippen molar-refractivity contribution in [1.82, 2.24) is 5.32 Å². The predicted octanol–water partition coefficient (Wildman–Crippen LogP) is 2.17. The highest BCUT2D eigenvalue weighted by molar-refractivity contribution is 7.86. The first-order valence-corrected chi connectivity index (χ1v) is 7.47. The van der Waals surface area contributed by atoms with Crippen LogP contribution in [0.5, 0.6) is 0 Å². The first-order valence-electron chi connectivity index (χ1n) is 5.97. The van der Waals surface area contributed by atoms with Crippen LogP contribution in [0.3, 0.4) is 0 Å². The van der Waals surface area contributed by atoms with Gasteiger partial charge in [0.15, 0.2) is 0 Å². The number of hydrogen-bond acceptors (Lipinski definition) is 3. The van der Waals surface area contributed by atoms with Crippen molar-refractivity contribution < 1.29 is 13.0 Å². The minimum Gasteiger partial charge on any atom is -0.296 e. The molecule has 2 unspecified atom stereocenters. The van der Waals surface area contributed by atoms with Crippen molar-refractivity contribution in [3.63, 3.8) is 0 Å². The average molecular weight is 249 g/mol. The normalized spacial score (nSPS) is 27.6. The van der Waals surface area contributed by atoms with Gasteiger partial charge in [-0.2, -0.15) is 8.42 Å². The summed E-state index contributed by atoms with van der Waals surface area (Å²) in [7, 11) is -3.96. The first kappa shape index (κ1) is 13.9. The lowest BCUT2D eigenvalue weighted by molar-refractivity contribution is 0.194. The molecule has 1 saturated carbocycles. The Morgan fingerprint density at radius 3 is 2.56 bits per heavy atom. The highest BCUT2D eigenvalue weighted by Crippen LogP contribution is 2.35. The summed E-state index contributed by atoms with van der Waals surface area (Å²) >= 11 is 0. The van der Waals surface area contributed by atoms with E-state index in [9.17, 15) is 8.42 Å². The van der Waals surface area contributed by atoms with Crippen LogP contribution in [0.4, 0.5) is 0 Å². The highest BCUT2D eigenvalue weighted by atomic mass is 32.2. The molecule has 1 aliphatic carbocycles. The second-order valence-electron chi connectivity index (χ2n) is 5.54. The van der Waals surface area contributed by atoms with Gasteiger partial charge in [0.2, 0.25) is 0 Å². The molecule has 1 aliphatic rings. The zero-order chi connectivity index (χ0) is 12.4. The summed E-state index contributed by atoms with van der Waals surface area (Å²) in [5, 5.41) is 2.25. The van der Waals surface area contributed by atoms with E-state index in [1.54, 1.807) is 6.92 Å². The summed E-state index contributed by atoms with van der Waals surface area (Å²) in [5.74, 6) is 0. The monoisotopic (exact) mass is 249 g/mol. The summed E-state index contributed by atoms with van der Waals surface area (Å²) in [4.78, 5) is 0. The van der Waals surface area contributed by atoms with Crippen LogP contribution in [0.2, 0.25) is 0 Å².